The molecule has 172 valence electrons. The van der Waals surface area contributed by atoms with Crippen LogP contribution < -0.4 is 19.5 Å². The van der Waals surface area contributed by atoms with E-state index in [4.69, 9.17) is 9.47 Å². The second-order valence-corrected chi connectivity index (χ2v) is 8.16. The van der Waals surface area contributed by atoms with E-state index in [9.17, 15) is 18.8 Å². The van der Waals surface area contributed by atoms with Gasteiger partial charge in [-0.25, -0.2) is 9.18 Å². The molecule has 33 heavy (non-hydrogen) atoms. The fourth-order valence-corrected chi connectivity index (χ4v) is 4.21. The number of carbonyl (C=O) groups excluding carboxylic acids is 2. The minimum atomic E-state index is -0.566. The van der Waals surface area contributed by atoms with Gasteiger partial charge in [0, 0.05) is 11.1 Å². The van der Waals surface area contributed by atoms with Crippen molar-refractivity contribution in [1.82, 2.24) is 4.57 Å². The van der Waals surface area contributed by atoms with Crippen molar-refractivity contribution < 1.29 is 23.5 Å². The topological polar surface area (TPSA) is 74.6 Å². The van der Waals surface area contributed by atoms with E-state index in [1.54, 1.807) is 43.3 Å². The maximum Gasteiger partial charge on any atom is 0.333 e. The molecule has 1 heterocycles. The summed E-state index contributed by atoms with van der Waals surface area (Å²) < 4.78 is 26.2. The molecule has 0 aliphatic carbocycles. The number of ether oxygens (including phenoxy) is 2. The highest BCUT2D eigenvalue weighted by Gasteiger charge is 2.13. The Morgan fingerprint density at radius 1 is 1.09 bits per heavy atom. The van der Waals surface area contributed by atoms with Gasteiger partial charge in [-0.05, 0) is 62.7 Å². The van der Waals surface area contributed by atoms with Gasteiger partial charge >= 0.3 is 5.97 Å². The second-order valence-electron chi connectivity index (χ2n) is 7.10. The third-order valence-corrected chi connectivity index (χ3v) is 5.79. The number of halogens is 1. The first-order valence-electron chi connectivity index (χ1n) is 10.4. The van der Waals surface area contributed by atoms with Gasteiger partial charge in [0.15, 0.2) is 5.78 Å². The minimum Gasteiger partial charge on any atom is -0.494 e. The molecule has 0 fully saturated rings. The molecule has 6 nitrogen and oxygen atoms in total. The Bertz CT molecular complexity index is 1340. The lowest BCUT2D eigenvalue weighted by Crippen LogP contribution is -2.32. The highest BCUT2D eigenvalue weighted by Crippen LogP contribution is 2.21. The number of aromatic nitrogens is 1. The Kier molecular flexibility index (Phi) is 7.95. The van der Waals surface area contributed by atoms with Crippen LogP contribution in [0.1, 0.15) is 42.3 Å². The number of rotatable bonds is 8. The van der Waals surface area contributed by atoms with Crippen LogP contribution in [0.25, 0.3) is 12.2 Å². The van der Waals surface area contributed by atoms with Gasteiger partial charge < -0.3 is 9.47 Å². The first kappa shape index (κ1) is 24.1. The van der Waals surface area contributed by atoms with E-state index in [-0.39, 0.29) is 30.3 Å². The molecule has 0 saturated carbocycles. The zero-order valence-electron chi connectivity index (χ0n) is 18.6. The molecule has 0 spiro atoms. The number of nitrogens with zero attached hydrogens (tertiary/aromatic N) is 1. The summed E-state index contributed by atoms with van der Waals surface area (Å²) in [5.41, 5.74) is 1.45. The molecule has 0 atom stereocenters. The van der Waals surface area contributed by atoms with Gasteiger partial charge in [-0.1, -0.05) is 12.1 Å². The maximum atomic E-state index is 13.3. The summed E-state index contributed by atoms with van der Waals surface area (Å²) >= 11 is 1.13. The number of Topliss-reactive ketones (excluding diaryl/α,β-unsaturated/α-hetero) is 1. The van der Waals surface area contributed by atoms with Crippen molar-refractivity contribution in [3.63, 3.8) is 0 Å². The average molecular weight is 470 g/mol. The van der Waals surface area contributed by atoms with Crippen molar-refractivity contribution in [2.75, 3.05) is 13.2 Å². The van der Waals surface area contributed by atoms with Gasteiger partial charge in [0.05, 0.1) is 30.4 Å². The van der Waals surface area contributed by atoms with E-state index < -0.39 is 5.97 Å². The lowest BCUT2D eigenvalue weighted by atomic mass is 10.1. The van der Waals surface area contributed by atoms with Crippen LogP contribution in [0.4, 0.5) is 4.39 Å². The predicted octanol–water partition coefficient (Wildman–Crippen LogP) is 2.87. The van der Waals surface area contributed by atoms with Crippen molar-refractivity contribution in [1.29, 1.82) is 0 Å². The van der Waals surface area contributed by atoms with E-state index in [1.807, 2.05) is 6.92 Å². The molecule has 0 saturated heterocycles. The van der Waals surface area contributed by atoms with E-state index in [2.05, 4.69) is 0 Å². The molecule has 0 N–H and O–H groups in total. The maximum absolute atomic E-state index is 13.3. The number of thiazole rings is 1. The zero-order valence-corrected chi connectivity index (χ0v) is 19.4. The van der Waals surface area contributed by atoms with Crippen molar-refractivity contribution in [2.24, 2.45) is 0 Å². The molecule has 0 aliphatic heterocycles. The highest BCUT2D eigenvalue weighted by molar-refractivity contribution is 7.07. The summed E-state index contributed by atoms with van der Waals surface area (Å²) in [6.07, 6.45) is 2.91. The molecule has 8 heteroatoms. The van der Waals surface area contributed by atoms with Crippen LogP contribution in [0.5, 0.6) is 5.75 Å². The lowest BCUT2D eigenvalue weighted by Gasteiger charge is -2.12. The molecule has 2 aromatic carbocycles. The third-order valence-electron chi connectivity index (χ3n) is 4.73. The lowest BCUT2D eigenvalue weighted by molar-refractivity contribution is -0.135. The van der Waals surface area contributed by atoms with Crippen molar-refractivity contribution in [2.45, 2.75) is 27.3 Å². The molecule has 3 aromatic rings. The SMILES string of the molecule is CCOC(=O)/C=c1\s/c(=C\c2ccc(F)cc2)c(=O)n1Cc1cc(C(C)=O)ccc1OCC. The van der Waals surface area contributed by atoms with Gasteiger partial charge in [0.25, 0.3) is 5.56 Å². The molecular formula is C25H24FNO5S. The third kappa shape index (κ3) is 6.04. The van der Waals surface area contributed by atoms with Crippen molar-refractivity contribution in [3.05, 3.63) is 84.5 Å². The van der Waals surface area contributed by atoms with Gasteiger partial charge in [0.2, 0.25) is 0 Å². The highest BCUT2D eigenvalue weighted by atomic mass is 32.1. The van der Waals surface area contributed by atoms with E-state index >= 15 is 0 Å². The minimum absolute atomic E-state index is 0.0916. The monoisotopic (exact) mass is 469 g/mol. The Hall–Kier alpha value is -3.52. The van der Waals surface area contributed by atoms with E-state index in [0.29, 0.717) is 38.2 Å². The Morgan fingerprint density at radius 3 is 2.45 bits per heavy atom. The standard InChI is InChI=1S/C25H24FNO5S/c1-4-31-21-11-8-18(16(3)28)13-19(21)15-27-23(14-24(29)32-5-2)33-22(25(27)30)12-17-6-9-20(26)10-7-17/h6-14H,4-5,15H2,1-3H3/b22-12-,23-14-. The van der Waals surface area contributed by atoms with Crippen LogP contribution in [-0.2, 0) is 16.1 Å². The normalized spacial score (nSPS) is 12.1. The van der Waals surface area contributed by atoms with E-state index in [1.165, 1.54) is 29.7 Å². The van der Waals surface area contributed by atoms with Crippen LogP contribution >= 0.6 is 11.3 Å². The first-order valence-corrected chi connectivity index (χ1v) is 11.3. The average Bonchev–Trinajstić information content (AvgIpc) is 3.05. The Morgan fingerprint density at radius 2 is 1.82 bits per heavy atom. The molecule has 0 amide bonds. The smallest absolute Gasteiger partial charge is 0.333 e. The van der Waals surface area contributed by atoms with Crippen molar-refractivity contribution >= 4 is 35.2 Å². The number of hydrogen-bond donors (Lipinski definition) is 0. The number of hydrogen-bond acceptors (Lipinski definition) is 6. The van der Waals surface area contributed by atoms with Gasteiger partial charge in [0.1, 0.15) is 16.2 Å². The van der Waals surface area contributed by atoms with Crippen LogP contribution in [0, 0.1) is 5.82 Å². The van der Waals surface area contributed by atoms with Crippen LogP contribution in [-0.4, -0.2) is 29.5 Å². The number of benzene rings is 2. The van der Waals surface area contributed by atoms with Crippen LogP contribution in [0.2, 0.25) is 0 Å². The predicted molar refractivity (Wildman–Crippen MR) is 126 cm³/mol. The molecule has 0 bridgehead atoms. The molecule has 3 rings (SSSR count). The summed E-state index contributed by atoms with van der Waals surface area (Å²) in [5.74, 6) is -0.503. The van der Waals surface area contributed by atoms with Gasteiger partial charge in [-0.15, -0.1) is 11.3 Å². The molecule has 0 aliphatic rings. The van der Waals surface area contributed by atoms with Gasteiger partial charge in [-0.3, -0.25) is 14.2 Å². The molecule has 1 aromatic heterocycles. The molecule has 0 unspecified atom stereocenters. The summed E-state index contributed by atoms with van der Waals surface area (Å²) in [5, 5.41) is 0. The molecular weight excluding hydrogens is 445 g/mol. The zero-order chi connectivity index (χ0) is 24.0. The summed E-state index contributed by atoms with van der Waals surface area (Å²) in [7, 11) is 0. The largest absolute Gasteiger partial charge is 0.494 e. The fraction of sp³-hybridized carbons (Fsp3) is 0.240. The Balaban J connectivity index is 2.18. The first-order chi connectivity index (χ1) is 15.8. The number of esters is 1. The molecule has 0 radical (unpaired) electrons. The number of ketones is 1. The van der Waals surface area contributed by atoms with Gasteiger partial charge in [-0.2, -0.15) is 0 Å². The van der Waals surface area contributed by atoms with E-state index in [0.717, 1.165) is 11.3 Å². The second kappa shape index (κ2) is 10.9. The van der Waals surface area contributed by atoms with Crippen LogP contribution in [0.3, 0.4) is 0 Å². The number of carbonyl (C=O) groups is 2. The van der Waals surface area contributed by atoms with Crippen molar-refractivity contribution in [3.8, 4) is 5.75 Å². The summed E-state index contributed by atoms with van der Waals surface area (Å²) in [6, 6.07) is 10.8. The summed E-state index contributed by atoms with van der Waals surface area (Å²) in [6.45, 7) is 5.71. The Labute approximate surface area is 194 Å². The summed E-state index contributed by atoms with van der Waals surface area (Å²) in [4.78, 5) is 37.3. The quantitative estimate of drug-likeness (QED) is 0.375. The fourth-order valence-electron chi connectivity index (χ4n) is 3.18. The van der Waals surface area contributed by atoms with Crippen LogP contribution in [0.15, 0.2) is 47.3 Å².